The van der Waals surface area contributed by atoms with Crippen molar-refractivity contribution in [1.82, 2.24) is 10.6 Å². The Hall–Kier alpha value is -1.34. The van der Waals surface area contributed by atoms with Crippen LogP contribution in [0.1, 0.15) is 18.5 Å². The molecule has 4 nitrogen and oxygen atoms in total. The second kappa shape index (κ2) is 6.90. The van der Waals surface area contributed by atoms with Crippen molar-refractivity contribution in [2.24, 2.45) is 0 Å². The minimum absolute atomic E-state index is 0.0871. The van der Waals surface area contributed by atoms with Crippen molar-refractivity contribution in [1.29, 1.82) is 0 Å². The smallest absolute Gasteiger partial charge is 0.387 e. The Labute approximate surface area is 120 Å². The van der Waals surface area contributed by atoms with Gasteiger partial charge in [-0.3, -0.25) is 10.1 Å². The van der Waals surface area contributed by atoms with Crippen LogP contribution in [0, 0.1) is 0 Å². The summed E-state index contributed by atoms with van der Waals surface area (Å²) >= 11 is 1.65. The lowest BCUT2D eigenvalue weighted by atomic mass is 10.1. The highest BCUT2D eigenvalue weighted by molar-refractivity contribution is 7.99. The molecule has 1 aromatic carbocycles. The van der Waals surface area contributed by atoms with E-state index in [4.69, 9.17) is 0 Å². The Bertz CT molecular complexity index is 467. The minimum Gasteiger partial charge on any atom is -0.434 e. The summed E-state index contributed by atoms with van der Waals surface area (Å²) in [5.41, 5.74) is 0.534. The van der Waals surface area contributed by atoms with E-state index in [2.05, 4.69) is 15.4 Å². The van der Waals surface area contributed by atoms with Crippen LogP contribution in [0.4, 0.5) is 8.78 Å². The van der Waals surface area contributed by atoms with Crippen LogP contribution in [0.25, 0.3) is 0 Å². The van der Waals surface area contributed by atoms with Crippen molar-refractivity contribution < 1.29 is 18.3 Å². The van der Waals surface area contributed by atoms with Crippen molar-refractivity contribution in [2.45, 2.75) is 25.6 Å². The van der Waals surface area contributed by atoms with Crippen LogP contribution >= 0.6 is 11.8 Å². The number of hydrogen-bond donors (Lipinski definition) is 2. The maximum Gasteiger partial charge on any atom is 0.387 e. The van der Waals surface area contributed by atoms with Crippen LogP contribution in [0.5, 0.6) is 5.75 Å². The van der Waals surface area contributed by atoms with E-state index in [1.54, 1.807) is 36.9 Å². The third kappa shape index (κ3) is 3.83. The SMILES string of the molecule is CC(NC(=O)C1CSCN1)c1ccccc1OC(F)F. The maximum atomic E-state index is 12.3. The summed E-state index contributed by atoms with van der Waals surface area (Å²) in [6.07, 6.45) is 0. The fourth-order valence-electron chi connectivity index (χ4n) is 2.00. The molecule has 1 aliphatic rings. The quantitative estimate of drug-likeness (QED) is 0.875. The number of para-hydroxylation sites is 1. The van der Waals surface area contributed by atoms with Gasteiger partial charge in [-0.15, -0.1) is 11.8 Å². The van der Waals surface area contributed by atoms with Gasteiger partial charge in [0.1, 0.15) is 5.75 Å². The molecular formula is C13H16F2N2O2S. The first-order valence-electron chi connectivity index (χ1n) is 6.23. The molecule has 1 heterocycles. The third-order valence-corrected chi connectivity index (χ3v) is 3.93. The number of carbonyl (C=O) groups is 1. The fraction of sp³-hybridized carbons (Fsp3) is 0.462. The second-order valence-electron chi connectivity index (χ2n) is 4.42. The highest BCUT2D eigenvalue weighted by atomic mass is 32.2. The first kappa shape index (κ1) is 15.1. The summed E-state index contributed by atoms with van der Waals surface area (Å²) in [6, 6.07) is 5.84. The van der Waals surface area contributed by atoms with Gasteiger partial charge < -0.3 is 10.1 Å². The number of nitrogens with one attached hydrogen (secondary N) is 2. The predicted molar refractivity (Wildman–Crippen MR) is 73.9 cm³/mol. The number of rotatable bonds is 5. The van der Waals surface area contributed by atoms with Crippen LogP contribution in [0.2, 0.25) is 0 Å². The number of benzene rings is 1. The lowest BCUT2D eigenvalue weighted by Crippen LogP contribution is -2.43. The minimum atomic E-state index is -2.88. The number of thioether (sulfide) groups is 1. The molecular weight excluding hydrogens is 286 g/mol. The van der Waals surface area contributed by atoms with E-state index < -0.39 is 12.7 Å². The molecule has 0 saturated carbocycles. The molecule has 20 heavy (non-hydrogen) atoms. The first-order chi connectivity index (χ1) is 9.58. The molecule has 1 amide bonds. The molecule has 0 aliphatic carbocycles. The van der Waals surface area contributed by atoms with Gasteiger partial charge in [0.15, 0.2) is 0 Å². The van der Waals surface area contributed by atoms with Gasteiger partial charge in [-0.25, -0.2) is 0 Å². The predicted octanol–water partition coefficient (Wildman–Crippen LogP) is 2.13. The largest absolute Gasteiger partial charge is 0.434 e. The molecule has 110 valence electrons. The Morgan fingerprint density at radius 1 is 1.50 bits per heavy atom. The maximum absolute atomic E-state index is 12.3. The van der Waals surface area contributed by atoms with Gasteiger partial charge in [-0.1, -0.05) is 18.2 Å². The van der Waals surface area contributed by atoms with Gasteiger partial charge in [-0.05, 0) is 13.0 Å². The van der Waals surface area contributed by atoms with Crippen molar-refractivity contribution in [3.63, 3.8) is 0 Å². The van der Waals surface area contributed by atoms with Gasteiger partial charge in [0.25, 0.3) is 0 Å². The molecule has 1 aliphatic heterocycles. The lowest BCUT2D eigenvalue weighted by Gasteiger charge is -2.19. The molecule has 2 unspecified atom stereocenters. The number of amides is 1. The molecule has 1 fully saturated rings. The normalized spacial score (nSPS) is 19.9. The molecule has 7 heteroatoms. The van der Waals surface area contributed by atoms with E-state index in [0.717, 1.165) is 5.88 Å². The van der Waals surface area contributed by atoms with E-state index in [1.807, 2.05) is 0 Å². The highest BCUT2D eigenvalue weighted by Crippen LogP contribution is 2.26. The van der Waals surface area contributed by atoms with Gasteiger partial charge in [0, 0.05) is 17.2 Å². The van der Waals surface area contributed by atoms with E-state index in [1.165, 1.54) is 6.07 Å². The van der Waals surface area contributed by atoms with E-state index >= 15 is 0 Å². The average molecular weight is 302 g/mol. The van der Waals surface area contributed by atoms with Crippen LogP contribution < -0.4 is 15.4 Å². The zero-order valence-corrected chi connectivity index (χ0v) is 11.8. The number of ether oxygens (including phenoxy) is 1. The third-order valence-electron chi connectivity index (χ3n) is 2.99. The summed E-state index contributed by atoms with van der Waals surface area (Å²) in [5.74, 6) is 1.42. The van der Waals surface area contributed by atoms with E-state index in [-0.39, 0.29) is 17.7 Å². The first-order valence-corrected chi connectivity index (χ1v) is 7.38. The van der Waals surface area contributed by atoms with Crippen LogP contribution in [-0.4, -0.2) is 30.2 Å². The van der Waals surface area contributed by atoms with Crippen molar-refractivity contribution in [2.75, 3.05) is 11.6 Å². The standard InChI is InChI=1S/C13H16F2N2O2S/c1-8(17-12(18)10-6-20-7-16-10)9-4-2-3-5-11(9)19-13(14)15/h2-5,8,10,13,16H,6-7H2,1H3,(H,17,18). The molecule has 0 spiro atoms. The van der Waals surface area contributed by atoms with Gasteiger partial charge >= 0.3 is 6.61 Å². The summed E-state index contributed by atoms with van der Waals surface area (Å²) in [5, 5.41) is 5.87. The van der Waals surface area contributed by atoms with Crippen LogP contribution in [0.3, 0.4) is 0 Å². The summed E-state index contributed by atoms with van der Waals surface area (Å²) in [7, 11) is 0. The highest BCUT2D eigenvalue weighted by Gasteiger charge is 2.24. The average Bonchev–Trinajstić information content (AvgIpc) is 2.92. The monoisotopic (exact) mass is 302 g/mol. The topological polar surface area (TPSA) is 50.4 Å². The number of carbonyl (C=O) groups excluding carboxylic acids is 1. The lowest BCUT2D eigenvalue weighted by molar-refractivity contribution is -0.123. The van der Waals surface area contributed by atoms with E-state index in [0.29, 0.717) is 11.3 Å². The summed E-state index contributed by atoms with van der Waals surface area (Å²) in [6.45, 7) is -1.14. The number of alkyl halides is 2. The Balaban J connectivity index is 2.04. The molecule has 2 atom stereocenters. The van der Waals surface area contributed by atoms with E-state index in [9.17, 15) is 13.6 Å². The van der Waals surface area contributed by atoms with Crippen LogP contribution in [-0.2, 0) is 4.79 Å². The van der Waals surface area contributed by atoms with Crippen LogP contribution in [0.15, 0.2) is 24.3 Å². The number of hydrogen-bond acceptors (Lipinski definition) is 4. The fourth-order valence-corrected chi connectivity index (χ4v) is 2.94. The zero-order valence-electron chi connectivity index (χ0n) is 10.9. The number of halogens is 2. The molecule has 2 N–H and O–H groups in total. The molecule has 0 radical (unpaired) electrons. The molecule has 1 saturated heterocycles. The second-order valence-corrected chi connectivity index (χ2v) is 5.45. The van der Waals surface area contributed by atoms with Crippen molar-refractivity contribution in [3.05, 3.63) is 29.8 Å². The van der Waals surface area contributed by atoms with Gasteiger partial charge in [0.05, 0.1) is 12.1 Å². The Morgan fingerprint density at radius 2 is 2.25 bits per heavy atom. The zero-order chi connectivity index (χ0) is 14.5. The molecule has 2 rings (SSSR count). The molecule has 1 aromatic rings. The van der Waals surface area contributed by atoms with Crippen molar-refractivity contribution in [3.8, 4) is 5.75 Å². The Morgan fingerprint density at radius 3 is 2.90 bits per heavy atom. The van der Waals surface area contributed by atoms with Gasteiger partial charge in [-0.2, -0.15) is 8.78 Å². The summed E-state index contributed by atoms with van der Waals surface area (Å²) < 4.78 is 29.2. The van der Waals surface area contributed by atoms with Gasteiger partial charge in [0.2, 0.25) is 5.91 Å². The Kier molecular flexibility index (Phi) is 5.19. The molecule has 0 bridgehead atoms. The summed E-state index contributed by atoms with van der Waals surface area (Å²) in [4.78, 5) is 12.0. The van der Waals surface area contributed by atoms with Crippen molar-refractivity contribution >= 4 is 17.7 Å². The molecule has 0 aromatic heterocycles.